The van der Waals surface area contributed by atoms with Gasteiger partial charge in [0.05, 0.1) is 6.42 Å². The third-order valence-electron chi connectivity index (χ3n) is 3.22. The van der Waals surface area contributed by atoms with Gasteiger partial charge in [-0.1, -0.05) is 18.2 Å². The van der Waals surface area contributed by atoms with Crippen molar-refractivity contribution in [3.63, 3.8) is 0 Å². The van der Waals surface area contributed by atoms with Crippen LogP contribution in [0, 0.1) is 0 Å². The molecule has 0 saturated carbocycles. The van der Waals surface area contributed by atoms with Crippen molar-refractivity contribution in [2.24, 2.45) is 0 Å². The summed E-state index contributed by atoms with van der Waals surface area (Å²) in [5.41, 5.74) is 0.121. The Kier molecular flexibility index (Phi) is 4.05. The Bertz CT molecular complexity index is 918. The van der Waals surface area contributed by atoms with Crippen LogP contribution in [0.4, 0.5) is 0 Å². The zero-order valence-corrected chi connectivity index (χ0v) is 12.0. The number of benzene rings is 1. The molecule has 0 amide bonds. The number of para-hydroxylation sites is 1. The highest BCUT2D eigenvalue weighted by Gasteiger charge is 2.12. The molecule has 0 radical (unpaired) electrons. The number of hydrogen-bond donors (Lipinski definition) is 0. The van der Waals surface area contributed by atoms with Crippen LogP contribution in [0.5, 0.6) is 0 Å². The van der Waals surface area contributed by atoms with Crippen LogP contribution in [-0.4, -0.2) is 12.3 Å². The van der Waals surface area contributed by atoms with Crippen LogP contribution in [-0.2, 0) is 22.6 Å². The molecule has 0 bridgehead atoms. The van der Waals surface area contributed by atoms with Crippen molar-refractivity contribution >= 4 is 23.2 Å². The zero-order valence-electron chi connectivity index (χ0n) is 12.0. The fourth-order valence-electron chi connectivity index (χ4n) is 2.12. The van der Waals surface area contributed by atoms with Crippen molar-refractivity contribution < 1.29 is 23.2 Å². The largest absolute Gasteiger partial charge is 0.457 e. The van der Waals surface area contributed by atoms with Crippen LogP contribution in [0.25, 0.3) is 11.0 Å². The maximum atomic E-state index is 11.9. The lowest BCUT2D eigenvalue weighted by Crippen LogP contribution is -2.15. The van der Waals surface area contributed by atoms with Crippen LogP contribution in [0.1, 0.15) is 21.9 Å². The Hall–Kier alpha value is -3.15. The number of fused-ring (bicyclic) bond motifs is 1. The Balaban J connectivity index is 1.68. The van der Waals surface area contributed by atoms with Crippen LogP contribution < -0.4 is 5.63 Å². The third kappa shape index (κ3) is 3.37. The molecule has 0 aliphatic carbocycles. The number of rotatable bonds is 5. The first-order valence-corrected chi connectivity index (χ1v) is 6.87. The van der Waals surface area contributed by atoms with Crippen molar-refractivity contribution in [2.45, 2.75) is 13.0 Å². The second-order valence-electron chi connectivity index (χ2n) is 4.86. The summed E-state index contributed by atoms with van der Waals surface area (Å²) in [6, 6.07) is 11.7. The second kappa shape index (κ2) is 6.31. The molecule has 0 fully saturated rings. The predicted molar refractivity (Wildman–Crippen MR) is 80.1 cm³/mol. The molecule has 0 atom stereocenters. The summed E-state index contributed by atoms with van der Waals surface area (Å²) in [6.07, 6.45) is 0.361. The monoisotopic (exact) mass is 312 g/mol. The van der Waals surface area contributed by atoms with E-state index in [0.29, 0.717) is 17.6 Å². The lowest BCUT2D eigenvalue weighted by atomic mass is 10.1. The minimum absolute atomic E-state index is 0.106. The van der Waals surface area contributed by atoms with Crippen molar-refractivity contribution in [1.82, 2.24) is 0 Å². The molecule has 2 heterocycles. The Morgan fingerprint density at radius 1 is 1.13 bits per heavy atom. The first-order chi connectivity index (χ1) is 11.2. The van der Waals surface area contributed by atoms with Crippen LogP contribution in [0.3, 0.4) is 0 Å². The number of hydrogen-bond acceptors (Lipinski definition) is 6. The van der Waals surface area contributed by atoms with Crippen molar-refractivity contribution in [3.8, 4) is 0 Å². The molecule has 0 unspecified atom stereocenters. The molecule has 6 nitrogen and oxygen atoms in total. The summed E-state index contributed by atoms with van der Waals surface area (Å²) in [5.74, 6) is -0.0751. The summed E-state index contributed by atoms with van der Waals surface area (Å²) in [7, 11) is 0. The average Bonchev–Trinajstić information content (AvgIpc) is 3.02. The molecule has 0 spiro atoms. The Morgan fingerprint density at radius 2 is 1.96 bits per heavy atom. The van der Waals surface area contributed by atoms with Gasteiger partial charge in [-0.2, -0.15) is 0 Å². The van der Waals surface area contributed by atoms with E-state index in [0.717, 1.165) is 5.39 Å². The predicted octanol–water partition coefficient (Wildman–Crippen LogP) is 2.48. The third-order valence-corrected chi connectivity index (χ3v) is 3.22. The summed E-state index contributed by atoms with van der Waals surface area (Å²) < 4.78 is 15.3. The molecule has 6 heteroatoms. The van der Waals surface area contributed by atoms with Gasteiger partial charge in [-0.3, -0.25) is 9.59 Å². The van der Waals surface area contributed by atoms with E-state index < -0.39 is 11.6 Å². The van der Waals surface area contributed by atoms with Gasteiger partial charge in [-0.15, -0.1) is 0 Å². The van der Waals surface area contributed by atoms with E-state index in [1.807, 2.05) is 6.07 Å². The van der Waals surface area contributed by atoms with E-state index in [9.17, 15) is 14.4 Å². The molecule has 116 valence electrons. The standard InChI is InChI=1S/C17H12O6/c18-9-13-5-6-14(22-13)10-21-16(19)8-12-7-11-3-1-2-4-15(11)23-17(12)20/h1-7,9H,8,10H2. The highest BCUT2D eigenvalue weighted by molar-refractivity contribution is 5.79. The molecule has 2 aromatic heterocycles. The van der Waals surface area contributed by atoms with Gasteiger partial charge in [-0.05, 0) is 24.3 Å². The highest BCUT2D eigenvalue weighted by atomic mass is 16.5. The van der Waals surface area contributed by atoms with Crippen LogP contribution in [0.15, 0.2) is 56.1 Å². The fourth-order valence-corrected chi connectivity index (χ4v) is 2.12. The molecule has 0 saturated heterocycles. The number of carbonyl (C=O) groups is 2. The maximum absolute atomic E-state index is 11.9. The number of furan rings is 1. The second-order valence-corrected chi connectivity index (χ2v) is 4.86. The van der Waals surface area contributed by atoms with Gasteiger partial charge in [-0.25, -0.2) is 4.79 Å². The molecule has 0 aliphatic rings. The van der Waals surface area contributed by atoms with Gasteiger partial charge < -0.3 is 13.6 Å². The molecular weight excluding hydrogens is 300 g/mol. The van der Waals surface area contributed by atoms with Gasteiger partial charge in [0.25, 0.3) is 0 Å². The van der Waals surface area contributed by atoms with Gasteiger partial charge in [0.15, 0.2) is 12.0 Å². The summed E-state index contributed by atoms with van der Waals surface area (Å²) >= 11 is 0. The van der Waals surface area contributed by atoms with E-state index in [-0.39, 0.29) is 24.4 Å². The SMILES string of the molecule is O=Cc1ccc(COC(=O)Cc2cc3ccccc3oc2=O)o1. The van der Waals surface area contributed by atoms with Crippen LogP contribution >= 0.6 is 0 Å². The van der Waals surface area contributed by atoms with Crippen molar-refractivity contribution in [3.05, 3.63) is 70.0 Å². The van der Waals surface area contributed by atoms with Gasteiger partial charge in [0.2, 0.25) is 0 Å². The summed E-state index contributed by atoms with van der Waals surface area (Å²) in [4.78, 5) is 34.2. The average molecular weight is 312 g/mol. The molecule has 3 rings (SSSR count). The molecule has 23 heavy (non-hydrogen) atoms. The lowest BCUT2D eigenvalue weighted by molar-refractivity contribution is -0.144. The highest BCUT2D eigenvalue weighted by Crippen LogP contribution is 2.13. The number of aldehydes is 1. The van der Waals surface area contributed by atoms with E-state index >= 15 is 0 Å². The van der Waals surface area contributed by atoms with E-state index in [1.165, 1.54) is 6.07 Å². The molecule has 0 N–H and O–H groups in total. The molecule has 3 aromatic rings. The fraction of sp³-hybridized carbons (Fsp3) is 0.118. The van der Waals surface area contributed by atoms with Crippen molar-refractivity contribution in [2.75, 3.05) is 0 Å². The number of carbonyl (C=O) groups excluding carboxylic acids is 2. The molecular formula is C17H12O6. The lowest BCUT2D eigenvalue weighted by Gasteiger charge is -2.03. The minimum Gasteiger partial charge on any atom is -0.457 e. The van der Waals surface area contributed by atoms with Gasteiger partial charge in [0, 0.05) is 10.9 Å². The molecule has 0 aliphatic heterocycles. The minimum atomic E-state index is -0.586. The summed E-state index contributed by atoms with van der Waals surface area (Å²) in [5, 5.41) is 0.733. The first-order valence-electron chi connectivity index (χ1n) is 6.87. The van der Waals surface area contributed by atoms with Crippen molar-refractivity contribution in [1.29, 1.82) is 0 Å². The normalized spacial score (nSPS) is 10.6. The van der Waals surface area contributed by atoms with Crippen LogP contribution in [0.2, 0.25) is 0 Å². The topological polar surface area (TPSA) is 86.7 Å². The van der Waals surface area contributed by atoms with Gasteiger partial charge in [0.1, 0.15) is 18.0 Å². The quantitative estimate of drug-likeness (QED) is 0.408. The smallest absolute Gasteiger partial charge is 0.340 e. The first kappa shape index (κ1) is 14.8. The van der Waals surface area contributed by atoms with E-state index in [2.05, 4.69) is 0 Å². The number of esters is 1. The Morgan fingerprint density at radius 3 is 2.74 bits per heavy atom. The zero-order chi connectivity index (χ0) is 16.2. The molecule has 1 aromatic carbocycles. The Labute approximate surface area is 130 Å². The van der Waals surface area contributed by atoms with E-state index in [4.69, 9.17) is 13.6 Å². The van der Waals surface area contributed by atoms with Gasteiger partial charge >= 0.3 is 11.6 Å². The maximum Gasteiger partial charge on any atom is 0.340 e. The van der Waals surface area contributed by atoms with E-state index in [1.54, 1.807) is 30.3 Å². The summed E-state index contributed by atoms with van der Waals surface area (Å²) in [6.45, 7) is -0.106. The number of ether oxygens (including phenoxy) is 1.